The maximum Gasteiger partial charge on any atom is 0.101 e. The first kappa shape index (κ1) is 13.1. The summed E-state index contributed by atoms with van der Waals surface area (Å²) < 4.78 is 0.847. The van der Waals surface area contributed by atoms with Crippen molar-refractivity contribution in [2.24, 2.45) is 0 Å². The van der Waals surface area contributed by atoms with Gasteiger partial charge in [0.2, 0.25) is 0 Å². The summed E-state index contributed by atoms with van der Waals surface area (Å²) in [6.07, 6.45) is 0. The van der Waals surface area contributed by atoms with Crippen LogP contribution in [0.4, 0.5) is 11.4 Å². The zero-order chi connectivity index (χ0) is 13.8. The fraction of sp³-hybridized carbons (Fsp3) is 0.0667. The van der Waals surface area contributed by atoms with Crippen LogP contribution >= 0.6 is 15.9 Å². The molecule has 0 aromatic heterocycles. The van der Waals surface area contributed by atoms with Gasteiger partial charge in [-0.05, 0) is 36.8 Å². The quantitative estimate of drug-likeness (QED) is 0.902. The average molecular weight is 312 g/mol. The molecule has 2 aromatic rings. The highest BCUT2D eigenvalue weighted by atomic mass is 79.9. The molecule has 0 saturated heterocycles. The Kier molecular flexibility index (Phi) is 3.85. The van der Waals surface area contributed by atoms with Crippen molar-refractivity contribution in [1.82, 2.24) is 0 Å². The van der Waals surface area contributed by atoms with Gasteiger partial charge in [0.1, 0.15) is 12.1 Å². The topological polar surface area (TPSA) is 59.6 Å². The van der Waals surface area contributed by atoms with Crippen molar-refractivity contribution in [3.63, 3.8) is 0 Å². The highest BCUT2D eigenvalue weighted by Gasteiger charge is 2.08. The summed E-state index contributed by atoms with van der Waals surface area (Å²) in [7, 11) is 0. The van der Waals surface area contributed by atoms with E-state index in [-0.39, 0.29) is 0 Å². The van der Waals surface area contributed by atoms with E-state index in [0.29, 0.717) is 16.8 Å². The summed E-state index contributed by atoms with van der Waals surface area (Å²) >= 11 is 3.33. The summed E-state index contributed by atoms with van der Waals surface area (Å²) in [5.74, 6) is 0. The molecule has 0 heterocycles. The van der Waals surface area contributed by atoms with Crippen molar-refractivity contribution in [3.8, 4) is 12.1 Å². The van der Waals surface area contributed by atoms with E-state index in [0.717, 1.165) is 15.7 Å². The average Bonchev–Trinajstić information content (AvgIpc) is 2.42. The van der Waals surface area contributed by atoms with Crippen LogP contribution in [0, 0.1) is 29.6 Å². The van der Waals surface area contributed by atoms with Gasteiger partial charge in [-0.1, -0.05) is 28.1 Å². The van der Waals surface area contributed by atoms with Crippen molar-refractivity contribution >= 4 is 27.3 Å². The van der Waals surface area contributed by atoms with Crippen LogP contribution in [0.3, 0.4) is 0 Å². The lowest BCUT2D eigenvalue weighted by atomic mass is 10.1. The lowest BCUT2D eigenvalue weighted by Crippen LogP contribution is -1.98. The normalized spacial score (nSPS) is 9.47. The first-order valence-corrected chi connectivity index (χ1v) is 6.41. The molecule has 19 heavy (non-hydrogen) atoms. The van der Waals surface area contributed by atoms with Crippen LogP contribution in [0.1, 0.15) is 16.7 Å². The molecule has 0 aliphatic heterocycles. The first-order valence-electron chi connectivity index (χ1n) is 5.62. The summed E-state index contributed by atoms with van der Waals surface area (Å²) in [5, 5.41) is 21.4. The van der Waals surface area contributed by atoms with Crippen molar-refractivity contribution < 1.29 is 0 Å². The molecule has 0 saturated carbocycles. The van der Waals surface area contributed by atoms with Gasteiger partial charge in [0, 0.05) is 4.47 Å². The third kappa shape index (κ3) is 2.76. The lowest BCUT2D eigenvalue weighted by Gasteiger charge is -2.12. The Bertz CT molecular complexity index is 708. The van der Waals surface area contributed by atoms with Crippen LogP contribution in [0.25, 0.3) is 0 Å². The maximum absolute atomic E-state index is 9.14. The van der Waals surface area contributed by atoms with Crippen molar-refractivity contribution in [1.29, 1.82) is 10.5 Å². The van der Waals surface area contributed by atoms with Gasteiger partial charge in [0.25, 0.3) is 0 Å². The summed E-state index contributed by atoms with van der Waals surface area (Å²) in [6, 6.07) is 15.2. The SMILES string of the molecule is Cc1cccc(C#N)c1Nc1ccc(Br)cc1C#N. The minimum Gasteiger partial charge on any atom is -0.353 e. The Labute approximate surface area is 120 Å². The maximum atomic E-state index is 9.14. The second-order valence-electron chi connectivity index (χ2n) is 4.04. The molecule has 0 bridgehead atoms. The minimum atomic E-state index is 0.529. The number of aryl methyl sites for hydroxylation is 1. The molecule has 0 radical (unpaired) electrons. The Morgan fingerprint density at radius 3 is 2.47 bits per heavy atom. The molecule has 0 unspecified atom stereocenters. The van der Waals surface area contributed by atoms with E-state index >= 15 is 0 Å². The standard InChI is InChI=1S/C15H10BrN3/c1-10-3-2-4-11(8-17)15(10)19-14-6-5-13(16)7-12(14)9-18/h2-7,19H,1H3. The third-order valence-electron chi connectivity index (χ3n) is 2.75. The summed E-state index contributed by atoms with van der Waals surface area (Å²) in [5.41, 5.74) is 3.49. The predicted molar refractivity (Wildman–Crippen MR) is 78.0 cm³/mol. The van der Waals surface area contributed by atoms with Crippen LogP contribution in [-0.4, -0.2) is 0 Å². The molecule has 2 aromatic carbocycles. The van der Waals surface area contributed by atoms with Gasteiger partial charge in [0.05, 0.1) is 22.5 Å². The van der Waals surface area contributed by atoms with E-state index in [9.17, 15) is 0 Å². The molecule has 2 rings (SSSR count). The molecule has 0 amide bonds. The number of hydrogen-bond acceptors (Lipinski definition) is 3. The fourth-order valence-corrected chi connectivity index (χ4v) is 2.14. The Morgan fingerprint density at radius 1 is 1.05 bits per heavy atom. The minimum absolute atomic E-state index is 0.529. The molecule has 1 N–H and O–H groups in total. The van der Waals surface area contributed by atoms with E-state index in [1.807, 2.05) is 31.2 Å². The Hall–Kier alpha value is -2.30. The number of nitriles is 2. The number of rotatable bonds is 2. The van der Waals surface area contributed by atoms with E-state index < -0.39 is 0 Å². The van der Waals surface area contributed by atoms with Gasteiger partial charge in [0.15, 0.2) is 0 Å². The van der Waals surface area contributed by atoms with Gasteiger partial charge >= 0.3 is 0 Å². The zero-order valence-electron chi connectivity index (χ0n) is 10.2. The van der Waals surface area contributed by atoms with Crippen molar-refractivity contribution in [3.05, 3.63) is 57.6 Å². The molecule has 0 fully saturated rings. The number of halogens is 1. The third-order valence-corrected chi connectivity index (χ3v) is 3.25. The largest absolute Gasteiger partial charge is 0.353 e. The monoisotopic (exact) mass is 311 g/mol. The second-order valence-corrected chi connectivity index (χ2v) is 4.95. The van der Waals surface area contributed by atoms with E-state index in [4.69, 9.17) is 10.5 Å². The molecule has 0 atom stereocenters. The van der Waals surface area contributed by atoms with Gasteiger partial charge < -0.3 is 5.32 Å². The van der Waals surface area contributed by atoms with Crippen molar-refractivity contribution in [2.45, 2.75) is 6.92 Å². The second kappa shape index (κ2) is 5.56. The molecule has 0 aliphatic carbocycles. The van der Waals surface area contributed by atoms with Crippen LogP contribution in [0.15, 0.2) is 40.9 Å². The van der Waals surface area contributed by atoms with Crippen molar-refractivity contribution in [2.75, 3.05) is 5.32 Å². The molecule has 3 nitrogen and oxygen atoms in total. The number of para-hydroxylation sites is 1. The van der Waals surface area contributed by atoms with E-state index in [2.05, 4.69) is 33.4 Å². The smallest absolute Gasteiger partial charge is 0.101 e. The summed E-state index contributed by atoms with van der Waals surface area (Å²) in [6.45, 7) is 1.92. The summed E-state index contributed by atoms with van der Waals surface area (Å²) in [4.78, 5) is 0. The van der Waals surface area contributed by atoms with Gasteiger partial charge in [-0.3, -0.25) is 0 Å². The van der Waals surface area contributed by atoms with Crippen LogP contribution in [0.5, 0.6) is 0 Å². The Morgan fingerprint density at radius 2 is 1.79 bits per heavy atom. The number of nitrogens with one attached hydrogen (secondary N) is 1. The Balaban J connectivity index is 2.49. The molecule has 92 valence electrons. The van der Waals surface area contributed by atoms with Crippen LogP contribution in [-0.2, 0) is 0 Å². The van der Waals surface area contributed by atoms with Crippen LogP contribution < -0.4 is 5.32 Å². The van der Waals surface area contributed by atoms with E-state index in [1.165, 1.54) is 0 Å². The number of hydrogen-bond donors (Lipinski definition) is 1. The van der Waals surface area contributed by atoms with Gasteiger partial charge in [-0.2, -0.15) is 10.5 Å². The van der Waals surface area contributed by atoms with Crippen LogP contribution in [0.2, 0.25) is 0 Å². The first-order chi connectivity index (χ1) is 9.15. The zero-order valence-corrected chi connectivity index (χ0v) is 11.8. The predicted octanol–water partition coefficient (Wildman–Crippen LogP) is 4.24. The van der Waals surface area contributed by atoms with Gasteiger partial charge in [-0.15, -0.1) is 0 Å². The van der Waals surface area contributed by atoms with E-state index in [1.54, 1.807) is 12.1 Å². The number of anilines is 2. The lowest BCUT2D eigenvalue weighted by molar-refractivity contribution is 1.38. The highest BCUT2D eigenvalue weighted by Crippen LogP contribution is 2.28. The molecular formula is C15H10BrN3. The molecule has 0 spiro atoms. The number of benzene rings is 2. The number of nitrogens with zero attached hydrogens (tertiary/aromatic N) is 2. The highest BCUT2D eigenvalue weighted by molar-refractivity contribution is 9.10. The molecule has 0 aliphatic rings. The fourth-order valence-electron chi connectivity index (χ4n) is 1.78. The molecule has 4 heteroatoms. The molecular weight excluding hydrogens is 302 g/mol. The van der Waals surface area contributed by atoms with Gasteiger partial charge in [-0.25, -0.2) is 0 Å².